The van der Waals surface area contributed by atoms with Gasteiger partial charge in [0.2, 0.25) is 0 Å². The van der Waals surface area contributed by atoms with Crippen LogP contribution < -0.4 is 10.6 Å². The Bertz CT molecular complexity index is 410. The Morgan fingerprint density at radius 2 is 2.15 bits per heavy atom. The zero-order chi connectivity index (χ0) is 14.6. The van der Waals surface area contributed by atoms with Crippen LogP contribution in [0.1, 0.15) is 25.3 Å². The summed E-state index contributed by atoms with van der Waals surface area (Å²) in [4.78, 5) is 4.47. The molecule has 0 heterocycles. The van der Waals surface area contributed by atoms with Crippen LogP contribution in [0.15, 0.2) is 29.3 Å². The van der Waals surface area contributed by atoms with Gasteiger partial charge in [-0.05, 0) is 49.5 Å². The van der Waals surface area contributed by atoms with E-state index in [1.165, 1.54) is 24.3 Å². The Balaban J connectivity index is 2.41. The van der Waals surface area contributed by atoms with Gasteiger partial charge in [-0.3, -0.25) is 0 Å². The van der Waals surface area contributed by atoms with Gasteiger partial charge >= 0.3 is 0 Å². The van der Waals surface area contributed by atoms with Gasteiger partial charge in [-0.1, -0.05) is 12.1 Å². The number of nitrogens with zero attached hydrogens (tertiary/aromatic N) is 1. The molecule has 0 aromatic heterocycles. The molecule has 0 atom stereocenters. The minimum absolute atomic E-state index is 0.215. The van der Waals surface area contributed by atoms with E-state index < -0.39 is 0 Å². The molecular formula is C15H24FN3S. The van der Waals surface area contributed by atoms with Crippen molar-refractivity contribution >= 4 is 17.7 Å². The van der Waals surface area contributed by atoms with Crippen molar-refractivity contribution in [1.29, 1.82) is 0 Å². The molecule has 0 radical (unpaired) electrons. The van der Waals surface area contributed by atoms with Crippen LogP contribution in [0.5, 0.6) is 0 Å². The number of hydrogen-bond acceptors (Lipinski definition) is 2. The first kappa shape index (κ1) is 16.8. The summed E-state index contributed by atoms with van der Waals surface area (Å²) in [6, 6.07) is 6.56. The third-order valence-corrected chi connectivity index (χ3v) is 3.42. The van der Waals surface area contributed by atoms with Gasteiger partial charge < -0.3 is 10.6 Å². The van der Waals surface area contributed by atoms with Crippen LogP contribution in [-0.4, -0.2) is 31.1 Å². The number of hydrogen-bond donors (Lipinski definition) is 2. The predicted molar refractivity (Wildman–Crippen MR) is 86.8 cm³/mol. The molecular weight excluding hydrogens is 273 g/mol. The maximum absolute atomic E-state index is 13.1. The molecule has 1 aromatic carbocycles. The lowest BCUT2D eigenvalue weighted by Gasteiger charge is -2.11. The van der Waals surface area contributed by atoms with Crippen molar-refractivity contribution in [2.75, 3.05) is 25.1 Å². The normalized spacial score (nSPS) is 11.4. The summed E-state index contributed by atoms with van der Waals surface area (Å²) >= 11 is 1.87. The average molecular weight is 297 g/mol. The molecule has 1 aromatic rings. The first-order chi connectivity index (χ1) is 9.76. The summed E-state index contributed by atoms with van der Waals surface area (Å²) < 4.78 is 13.1. The molecule has 0 aliphatic rings. The average Bonchev–Trinajstić information content (AvgIpc) is 2.44. The quantitative estimate of drug-likeness (QED) is 0.440. The summed E-state index contributed by atoms with van der Waals surface area (Å²) in [5.41, 5.74) is 0.879. The lowest BCUT2D eigenvalue weighted by atomic mass is 10.2. The number of thioether (sulfide) groups is 1. The van der Waals surface area contributed by atoms with Crippen molar-refractivity contribution in [2.45, 2.75) is 26.3 Å². The van der Waals surface area contributed by atoms with Gasteiger partial charge in [0.15, 0.2) is 5.96 Å². The van der Waals surface area contributed by atoms with Crippen LogP contribution in [0.3, 0.4) is 0 Å². The zero-order valence-corrected chi connectivity index (χ0v) is 13.1. The van der Waals surface area contributed by atoms with Gasteiger partial charge in [0.25, 0.3) is 0 Å². The second kappa shape index (κ2) is 10.5. The van der Waals surface area contributed by atoms with E-state index in [-0.39, 0.29) is 5.82 Å². The molecule has 20 heavy (non-hydrogen) atoms. The highest BCUT2D eigenvalue weighted by molar-refractivity contribution is 7.98. The lowest BCUT2D eigenvalue weighted by Crippen LogP contribution is -2.37. The SMILES string of the molecule is CCNC(=NCc1cccc(F)c1)NCCCCSC. The Labute approximate surface area is 125 Å². The van der Waals surface area contributed by atoms with Crippen molar-refractivity contribution in [3.8, 4) is 0 Å². The van der Waals surface area contributed by atoms with Crippen molar-refractivity contribution in [1.82, 2.24) is 10.6 Å². The van der Waals surface area contributed by atoms with Crippen LogP contribution >= 0.6 is 11.8 Å². The molecule has 0 amide bonds. The molecule has 0 fully saturated rings. The highest BCUT2D eigenvalue weighted by Gasteiger charge is 1.98. The van der Waals surface area contributed by atoms with Crippen LogP contribution in [0.25, 0.3) is 0 Å². The van der Waals surface area contributed by atoms with E-state index in [9.17, 15) is 4.39 Å². The monoisotopic (exact) mass is 297 g/mol. The first-order valence-electron chi connectivity index (χ1n) is 7.01. The van der Waals surface area contributed by atoms with E-state index in [1.54, 1.807) is 6.07 Å². The van der Waals surface area contributed by atoms with Crippen molar-refractivity contribution in [2.24, 2.45) is 4.99 Å². The van der Waals surface area contributed by atoms with Gasteiger partial charge in [-0.2, -0.15) is 11.8 Å². The standard InChI is InChI=1S/C15H24FN3S/c1-3-17-15(18-9-4-5-10-20-2)19-12-13-7-6-8-14(16)11-13/h6-8,11H,3-5,9-10,12H2,1-2H3,(H2,17,18,19). The highest BCUT2D eigenvalue weighted by Crippen LogP contribution is 2.04. The van der Waals surface area contributed by atoms with Crippen molar-refractivity contribution in [3.63, 3.8) is 0 Å². The van der Waals surface area contributed by atoms with E-state index in [4.69, 9.17) is 0 Å². The Morgan fingerprint density at radius 1 is 1.30 bits per heavy atom. The van der Waals surface area contributed by atoms with Gasteiger partial charge in [0.1, 0.15) is 5.82 Å². The van der Waals surface area contributed by atoms with E-state index in [0.29, 0.717) is 6.54 Å². The molecule has 0 saturated carbocycles. The fourth-order valence-corrected chi connectivity index (χ4v) is 2.22. The van der Waals surface area contributed by atoms with E-state index in [2.05, 4.69) is 21.9 Å². The summed E-state index contributed by atoms with van der Waals surface area (Å²) in [6.45, 7) is 4.25. The number of unbranched alkanes of at least 4 members (excludes halogenated alkanes) is 1. The van der Waals surface area contributed by atoms with E-state index >= 15 is 0 Å². The van der Waals surface area contributed by atoms with Crippen molar-refractivity contribution in [3.05, 3.63) is 35.6 Å². The van der Waals surface area contributed by atoms with Crippen molar-refractivity contribution < 1.29 is 4.39 Å². The fraction of sp³-hybridized carbons (Fsp3) is 0.533. The Morgan fingerprint density at radius 3 is 2.85 bits per heavy atom. The second-order valence-electron chi connectivity index (χ2n) is 4.45. The van der Waals surface area contributed by atoms with Crippen LogP contribution in [0.4, 0.5) is 4.39 Å². The molecule has 0 bridgehead atoms. The summed E-state index contributed by atoms with van der Waals surface area (Å²) in [5.74, 6) is 1.77. The number of guanidine groups is 1. The third kappa shape index (κ3) is 7.38. The summed E-state index contributed by atoms with van der Waals surface area (Å²) in [6.07, 6.45) is 4.46. The minimum Gasteiger partial charge on any atom is -0.357 e. The van der Waals surface area contributed by atoms with Crippen LogP contribution in [-0.2, 0) is 6.54 Å². The molecule has 5 heteroatoms. The predicted octanol–water partition coefficient (Wildman–Crippen LogP) is 3.02. The summed E-state index contributed by atoms with van der Waals surface area (Å²) in [7, 11) is 0. The molecule has 1 rings (SSSR count). The topological polar surface area (TPSA) is 36.4 Å². The maximum atomic E-state index is 13.1. The molecule has 0 aliphatic heterocycles. The van der Waals surface area contributed by atoms with E-state index in [1.807, 2.05) is 24.8 Å². The first-order valence-corrected chi connectivity index (χ1v) is 8.41. The molecule has 0 spiro atoms. The van der Waals surface area contributed by atoms with Gasteiger partial charge in [0, 0.05) is 13.1 Å². The maximum Gasteiger partial charge on any atom is 0.191 e. The number of rotatable bonds is 8. The largest absolute Gasteiger partial charge is 0.357 e. The minimum atomic E-state index is -0.215. The molecule has 0 unspecified atom stereocenters. The third-order valence-electron chi connectivity index (χ3n) is 2.72. The molecule has 2 N–H and O–H groups in total. The Hall–Kier alpha value is -1.23. The van der Waals surface area contributed by atoms with E-state index in [0.717, 1.165) is 31.0 Å². The zero-order valence-electron chi connectivity index (χ0n) is 12.3. The smallest absolute Gasteiger partial charge is 0.191 e. The number of nitrogens with one attached hydrogen (secondary N) is 2. The number of aliphatic imine (C=N–C) groups is 1. The molecule has 0 saturated heterocycles. The highest BCUT2D eigenvalue weighted by atomic mass is 32.2. The second-order valence-corrected chi connectivity index (χ2v) is 5.44. The molecule has 0 aliphatic carbocycles. The van der Waals surface area contributed by atoms with Gasteiger partial charge in [-0.15, -0.1) is 0 Å². The van der Waals surface area contributed by atoms with Gasteiger partial charge in [0.05, 0.1) is 6.54 Å². The Kier molecular flexibility index (Phi) is 8.87. The summed E-state index contributed by atoms with van der Waals surface area (Å²) in [5, 5.41) is 6.50. The number of halogens is 1. The van der Waals surface area contributed by atoms with Crippen LogP contribution in [0.2, 0.25) is 0 Å². The lowest BCUT2D eigenvalue weighted by molar-refractivity contribution is 0.625. The fourth-order valence-electron chi connectivity index (χ4n) is 1.73. The van der Waals surface area contributed by atoms with Gasteiger partial charge in [-0.25, -0.2) is 9.38 Å². The van der Waals surface area contributed by atoms with Crippen LogP contribution in [0, 0.1) is 5.82 Å². The number of benzene rings is 1. The molecule has 3 nitrogen and oxygen atoms in total. The molecule has 112 valence electrons.